The van der Waals surface area contributed by atoms with Crippen LogP contribution in [0, 0.1) is 0 Å². The molecule has 0 spiro atoms. The Hall–Kier alpha value is -3.37. The second-order valence-electron chi connectivity index (χ2n) is 10.0. The lowest BCUT2D eigenvalue weighted by Crippen LogP contribution is -2.22. The molecule has 0 bridgehead atoms. The minimum absolute atomic E-state index is 0.0440. The van der Waals surface area contributed by atoms with Gasteiger partial charge in [0.05, 0.1) is 23.2 Å². The zero-order valence-corrected chi connectivity index (χ0v) is 21.7. The molecular weight excluding hydrogens is 497 g/mol. The molecule has 3 heterocycles. The molecule has 0 radical (unpaired) electrons. The van der Waals surface area contributed by atoms with Crippen LogP contribution < -0.4 is 10.3 Å². The summed E-state index contributed by atoms with van der Waals surface area (Å²) < 4.78 is 56.3. The standard InChI is InChI=1S/C28H31F3N4O3/c1-33(2)11-4-12-38-24-8-6-20(16-22(24)28(29,30)31)19-5-7-23-21(15-19)26-25(18-9-13-37-14-10-18)27(36)34(3)35(26)17-32-23/h5-8,15-18H,4,9-14H2,1-3H3. The van der Waals surface area contributed by atoms with Gasteiger partial charge in [0.15, 0.2) is 0 Å². The van der Waals surface area contributed by atoms with E-state index in [0.717, 1.165) is 36.4 Å². The van der Waals surface area contributed by atoms with E-state index in [2.05, 4.69) is 4.98 Å². The molecule has 1 saturated heterocycles. The van der Waals surface area contributed by atoms with Crippen LogP contribution in [0.1, 0.15) is 36.3 Å². The maximum atomic E-state index is 14.0. The first kappa shape index (κ1) is 26.2. The number of aromatic nitrogens is 3. The summed E-state index contributed by atoms with van der Waals surface area (Å²) in [4.78, 5) is 19.7. The molecule has 5 rings (SSSR count). The number of ether oxygens (including phenoxy) is 2. The van der Waals surface area contributed by atoms with Crippen LogP contribution in [0.3, 0.4) is 0 Å². The highest BCUT2D eigenvalue weighted by Crippen LogP contribution is 2.40. The molecular formula is C28H31F3N4O3. The van der Waals surface area contributed by atoms with Crippen molar-refractivity contribution in [2.24, 2.45) is 7.05 Å². The Morgan fingerprint density at radius 3 is 2.53 bits per heavy atom. The van der Waals surface area contributed by atoms with Crippen molar-refractivity contribution in [1.29, 1.82) is 0 Å². The molecule has 0 saturated carbocycles. The quantitative estimate of drug-likeness (QED) is 0.313. The molecule has 202 valence electrons. The average molecular weight is 529 g/mol. The van der Waals surface area contributed by atoms with Gasteiger partial charge in [-0.15, -0.1) is 0 Å². The van der Waals surface area contributed by atoms with E-state index in [1.807, 2.05) is 25.1 Å². The highest BCUT2D eigenvalue weighted by atomic mass is 19.4. The lowest BCUT2D eigenvalue weighted by atomic mass is 9.91. The molecule has 0 atom stereocenters. The Labute approximate surface area is 218 Å². The van der Waals surface area contributed by atoms with Crippen molar-refractivity contribution in [3.63, 3.8) is 0 Å². The zero-order chi connectivity index (χ0) is 27.0. The Balaban J connectivity index is 1.59. The maximum absolute atomic E-state index is 14.0. The van der Waals surface area contributed by atoms with E-state index < -0.39 is 11.7 Å². The summed E-state index contributed by atoms with van der Waals surface area (Å²) in [6.45, 7) is 2.09. The third-order valence-corrected chi connectivity index (χ3v) is 7.14. The smallest absolute Gasteiger partial charge is 0.419 e. The van der Waals surface area contributed by atoms with Crippen molar-refractivity contribution in [2.75, 3.05) is 40.5 Å². The first-order chi connectivity index (χ1) is 18.1. The first-order valence-corrected chi connectivity index (χ1v) is 12.7. The lowest BCUT2D eigenvalue weighted by Gasteiger charge is -2.21. The number of hydrogen-bond donors (Lipinski definition) is 0. The van der Waals surface area contributed by atoms with Crippen LogP contribution in [-0.4, -0.2) is 59.5 Å². The number of rotatable bonds is 7. The van der Waals surface area contributed by atoms with Gasteiger partial charge in [-0.25, -0.2) is 14.2 Å². The number of nitrogens with zero attached hydrogens (tertiary/aromatic N) is 4. The third-order valence-electron chi connectivity index (χ3n) is 7.14. The molecule has 1 aliphatic rings. The molecule has 4 aromatic rings. The highest BCUT2D eigenvalue weighted by molar-refractivity contribution is 5.97. The monoisotopic (exact) mass is 528 g/mol. The topological polar surface area (TPSA) is 61.0 Å². The van der Waals surface area contributed by atoms with Crippen molar-refractivity contribution in [3.8, 4) is 16.9 Å². The van der Waals surface area contributed by atoms with E-state index in [1.54, 1.807) is 36.1 Å². The fourth-order valence-corrected chi connectivity index (χ4v) is 5.16. The third kappa shape index (κ3) is 5.02. The predicted molar refractivity (Wildman–Crippen MR) is 140 cm³/mol. The Bertz CT molecular complexity index is 1520. The molecule has 0 aliphatic carbocycles. The molecule has 0 amide bonds. The van der Waals surface area contributed by atoms with Crippen LogP contribution >= 0.6 is 0 Å². The summed E-state index contributed by atoms with van der Waals surface area (Å²) in [5.74, 6) is -0.135. The minimum Gasteiger partial charge on any atom is -0.493 e. The first-order valence-electron chi connectivity index (χ1n) is 12.7. The van der Waals surface area contributed by atoms with Gasteiger partial charge in [0.1, 0.15) is 12.1 Å². The highest BCUT2D eigenvalue weighted by Gasteiger charge is 2.35. The van der Waals surface area contributed by atoms with E-state index in [4.69, 9.17) is 9.47 Å². The molecule has 0 N–H and O–H groups in total. The lowest BCUT2D eigenvalue weighted by molar-refractivity contribution is -0.138. The van der Waals surface area contributed by atoms with Gasteiger partial charge in [-0.1, -0.05) is 12.1 Å². The molecule has 1 fully saturated rings. The van der Waals surface area contributed by atoms with Crippen LogP contribution in [0.4, 0.5) is 13.2 Å². The summed E-state index contributed by atoms with van der Waals surface area (Å²) in [5.41, 5.74) is 2.23. The van der Waals surface area contributed by atoms with E-state index in [-0.39, 0.29) is 23.8 Å². The molecule has 2 aromatic heterocycles. The fraction of sp³-hybridized carbons (Fsp3) is 0.429. The number of alkyl halides is 3. The van der Waals surface area contributed by atoms with Gasteiger partial charge in [0.2, 0.25) is 0 Å². The molecule has 0 unspecified atom stereocenters. The van der Waals surface area contributed by atoms with Gasteiger partial charge in [-0.3, -0.25) is 4.79 Å². The molecule has 2 aromatic carbocycles. The van der Waals surface area contributed by atoms with Gasteiger partial charge >= 0.3 is 6.18 Å². The largest absolute Gasteiger partial charge is 0.493 e. The normalized spacial score (nSPS) is 15.1. The van der Waals surface area contributed by atoms with E-state index in [0.29, 0.717) is 41.8 Å². The van der Waals surface area contributed by atoms with Crippen molar-refractivity contribution in [2.45, 2.75) is 31.4 Å². The summed E-state index contributed by atoms with van der Waals surface area (Å²) in [5, 5.41) is 0.724. The van der Waals surface area contributed by atoms with Crippen LogP contribution in [0.2, 0.25) is 0 Å². The second-order valence-corrected chi connectivity index (χ2v) is 10.0. The number of benzene rings is 2. The van der Waals surface area contributed by atoms with E-state index in [1.165, 1.54) is 10.7 Å². The summed E-state index contributed by atoms with van der Waals surface area (Å²) >= 11 is 0. The van der Waals surface area contributed by atoms with Crippen molar-refractivity contribution >= 4 is 16.4 Å². The predicted octanol–water partition coefficient (Wildman–Crippen LogP) is 5.10. The van der Waals surface area contributed by atoms with Crippen LogP contribution in [0.5, 0.6) is 5.75 Å². The number of halogens is 3. The van der Waals surface area contributed by atoms with Crippen LogP contribution in [0.15, 0.2) is 47.5 Å². The molecule has 10 heteroatoms. The number of fused-ring (bicyclic) bond motifs is 3. The van der Waals surface area contributed by atoms with Crippen molar-refractivity contribution in [3.05, 3.63) is 64.2 Å². The molecule has 38 heavy (non-hydrogen) atoms. The van der Waals surface area contributed by atoms with Gasteiger partial charge < -0.3 is 14.4 Å². The van der Waals surface area contributed by atoms with Gasteiger partial charge in [0.25, 0.3) is 5.56 Å². The maximum Gasteiger partial charge on any atom is 0.419 e. The van der Waals surface area contributed by atoms with E-state index in [9.17, 15) is 18.0 Å². The van der Waals surface area contributed by atoms with Gasteiger partial charge in [-0.2, -0.15) is 13.2 Å². The van der Waals surface area contributed by atoms with E-state index >= 15 is 0 Å². The number of hydrogen-bond acceptors (Lipinski definition) is 5. The number of aryl methyl sites for hydroxylation is 1. The fourth-order valence-electron chi connectivity index (χ4n) is 5.16. The van der Waals surface area contributed by atoms with Crippen LogP contribution in [-0.2, 0) is 18.0 Å². The van der Waals surface area contributed by atoms with Crippen molar-refractivity contribution in [1.82, 2.24) is 19.1 Å². The zero-order valence-electron chi connectivity index (χ0n) is 21.7. The van der Waals surface area contributed by atoms with Crippen molar-refractivity contribution < 1.29 is 22.6 Å². The summed E-state index contributed by atoms with van der Waals surface area (Å²) in [7, 11) is 5.50. The molecule has 1 aliphatic heterocycles. The summed E-state index contributed by atoms with van der Waals surface area (Å²) in [6.07, 6.45) is -0.856. The second kappa shape index (κ2) is 10.4. The Morgan fingerprint density at radius 1 is 1.11 bits per heavy atom. The average Bonchev–Trinajstić information content (AvgIpc) is 3.16. The molecule has 7 nitrogen and oxygen atoms in total. The SMILES string of the molecule is CN(C)CCCOc1ccc(-c2ccc3ncn4c(c(C5CCOCC5)c(=O)n4C)c3c2)cc1C(F)(F)F. The van der Waals surface area contributed by atoms with Gasteiger partial charge in [-0.05, 0) is 74.7 Å². The van der Waals surface area contributed by atoms with Crippen LogP contribution in [0.25, 0.3) is 27.5 Å². The summed E-state index contributed by atoms with van der Waals surface area (Å²) in [6, 6.07) is 9.53. The Morgan fingerprint density at radius 2 is 1.82 bits per heavy atom. The Kier molecular flexibility index (Phi) is 7.19. The van der Waals surface area contributed by atoms with Gasteiger partial charge in [0, 0.05) is 37.8 Å². The minimum atomic E-state index is -4.57.